The fourth-order valence-corrected chi connectivity index (χ4v) is 4.10. The number of hydrogen-bond donors (Lipinski definition) is 2. The zero-order valence-corrected chi connectivity index (χ0v) is 23.0. The van der Waals surface area contributed by atoms with Crippen LogP contribution in [0, 0.1) is 0 Å². The van der Waals surface area contributed by atoms with Gasteiger partial charge in [-0.2, -0.15) is 5.10 Å². The third kappa shape index (κ3) is 5.88. The highest BCUT2D eigenvalue weighted by molar-refractivity contribution is 5.99. The van der Waals surface area contributed by atoms with E-state index in [-0.39, 0.29) is 0 Å². The van der Waals surface area contributed by atoms with Gasteiger partial charge in [0.25, 0.3) is 0 Å². The highest BCUT2D eigenvalue weighted by Crippen LogP contribution is 2.36. The molecule has 0 atom stereocenters. The molecule has 0 saturated heterocycles. The Kier molecular flexibility index (Phi) is 7.68. The Morgan fingerprint density at radius 3 is 2.41 bits per heavy atom. The van der Waals surface area contributed by atoms with Crippen LogP contribution in [0.25, 0.3) is 16.6 Å². The number of fused-ring (bicyclic) bond motifs is 1. The Balaban J connectivity index is 1.37. The lowest BCUT2D eigenvalue weighted by molar-refractivity contribution is 0.262. The van der Waals surface area contributed by atoms with Crippen molar-refractivity contribution in [2.75, 3.05) is 31.5 Å². The van der Waals surface area contributed by atoms with E-state index in [1.54, 1.807) is 75.2 Å². The molecule has 0 aliphatic rings. The number of ether oxygens (including phenoxy) is 3. The molecule has 0 aliphatic carbocycles. The minimum Gasteiger partial charge on any atom is -0.493 e. The topological polar surface area (TPSA) is 112 Å². The number of nitrogens with zero attached hydrogens (tertiary/aromatic N) is 4. The molecule has 0 aliphatic heterocycles. The van der Waals surface area contributed by atoms with Crippen LogP contribution in [0.5, 0.6) is 23.1 Å². The number of para-hydroxylation sites is 1. The SMILES string of the molecule is COc1cc2ncnc(Oc3cccc(NC(=O)Nc4cc(C(C)(C)CF)nn4-c4ccccc4)c3)c2cc1OC. The zero-order valence-electron chi connectivity index (χ0n) is 23.0. The van der Waals surface area contributed by atoms with Gasteiger partial charge in [-0.05, 0) is 30.3 Å². The molecule has 2 heterocycles. The molecule has 0 unspecified atom stereocenters. The molecule has 0 fully saturated rings. The van der Waals surface area contributed by atoms with Gasteiger partial charge < -0.3 is 19.5 Å². The van der Waals surface area contributed by atoms with Gasteiger partial charge in [-0.15, -0.1) is 0 Å². The Bertz CT molecular complexity index is 1690. The van der Waals surface area contributed by atoms with Crippen LogP contribution < -0.4 is 24.8 Å². The molecule has 41 heavy (non-hydrogen) atoms. The van der Waals surface area contributed by atoms with Gasteiger partial charge in [-0.3, -0.25) is 9.71 Å². The zero-order chi connectivity index (χ0) is 29.0. The van der Waals surface area contributed by atoms with Crippen molar-refractivity contribution in [2.24, 2.45) is 0 Å². The summed E-state index contributed by atoms with van der Waals surface area (Å²) in [5.41, 5.74) is 1.52. The van der Waals surface area contributed by atoms with E-state index < -0.39 is 18.1 Å². The average Bonchev–Trinajstić information content (AvgIpc) is 3.41. The van der Waals surface area contributed by atoms with E-state index in [2.05, 4.69) is 25.7 Å². The number of halogens is 1. The first kappa shape index (κ1) is 27.4. The van der Waals surface area contributed by atoms with Gasteiger partial charge in [0.2, 0.25) is 5.88 Å². The van der Waals surface area contributed by atoms with E-state index in [9.17, 15) is 9.18 Å². The number of carbonyl (C=O) groups is 1. The van der Waals surface area contributed by atoms with E-state index in [1.807, 2.05) is 30.3 Å². The molecule has 210 valence electrons. The smallest absolute Gasteiger partial charge is 0.324 e. The second-order valence-electron chi connectivity index (χ2n) is 9.79. The monoisotopic (exact) mass is 556 g/mol. The number of alkyl halides is 1. The maximum absolute atomic E-state index is 13.7. The summed E-state index contributed by atoms with van der Waals surface area (Å²) in [6.07, 6.45) is 1.40. The van der Waals surface area contributed by atoms with Gasteiger partial charge >= 0.3 is 6.03 Å². The number of benzene rings is 3. The van der Waals surface area contributed by atoms with E-state index >= 15 is 0 Å². The molecule has 0 saturated carbocycles. The lowest BCUT2D eigenvalue weighted by atomic mass is 9.91. The molecular weight excluding hydrogens is 527 g/mol. The van der Waals surface area contributed by atoms with Crippen molar-refractivity contribution in [2.45, 2.75) is 19.3 Å². The fraction of sp³-hybridized carbons (Fsp3) is 0.200. The number of nitrogens with one attached hydrogen (secondary N) is 2. The van der Waals surface area contributed by atoms with Crippen LogP contribution in [0.1, 0.15) is 19.5 Å². The third-order valence-electron chi connectivity index (χ3n) is 6.39. The predicted molar refractivity (Wildman–Crippen MR) is 154 cm³/mol. The number of amides is 2. The van der Waals surface area contributed by atoms with Crippen LogP contribution in [0.3, 0.4) is 0 Å². The maximum Gasteiger partial charge on any atom is 0.324 e. The first-order chi connectivity index (χ1) is 19.8. The number of carbonyl (C=O) groups excluding carboxylic acids is 1. The molecule has 0 radical (unpaired) electrons. The van der Waals surface area contributed by atoms with Crippen LogP contribution in [-0.4, -0.2) is 46.7 Å². The minimum atomic E-state index is -0.821. The molecular formula is C30H29FN6O4. The summed E-state index contributed by atoms with van der Waals surface area (Å²) >= 11 is 0. The lowest BCUT2D eigenvalue weighted by Crippen LogP contribution is -2.21. The minimum absolute atomic E-state index is 0.312. The quantitative estimate of drug-likeness (QED) is 0.213. The average molecular weight is 557 g/mol. The van der Waals surface area contributed by atoms with Crippen molar-refractivity contribution in [3.05, 3.63) is 84.8 Å². The molecule has 0 bridgehead atoms. The first-order valence-corrected chi connectivity index (χ1v) is 12.8. The number of methoxy groups -OCH3 is 2. The van der Waals surface area contributed by atoms with Gasteiger partial charge in [-0.25, -0.2) is 19.4 Å². The Morgan fingerprint density at radius 2 is 1.68 bits per heavy atom. The number of rotatable bonds is 9. The van der Waals surface area contributed by atoms with E-state index in [0.717, 1.165) is 5.69 Å². The van der Waals surface area contributed by atoms with Crippen molar-refractivity contribution < 1.29 is 23.4 Å². The van der Waals surface area contributed by atoms with Crippen molar-refractivity contribution >= 4 is 28.4 Å². The Hall–Kier alpha value is -5.19. The van der Waals surface area contributed by atoms with Crippen molar-refractivity contribution in [3.63, 3.8) is 0 Å². The van der Waals surface area contributed by atoms with Crippen molar-refractivity contribution in [1.29, 1.82) is 0 Å². The third-order valence-corrected chi connectivity index (χ3v) is 6.39. The number of aromatic nitrogens is 4. The molecule has 10 nitrogen and oxygen atoms in total. The highest BCUT2D eigenvalue weighted by Gasteiger charge is 2.26. The van der Waals surface area contributed by atoms with Crippen LogP contribution in [0.4, 0.5) is 20.7 Å². The summed E-state index contributed by atoms with van der Waals surface area (Å²) < 4.78 is 32.1. The highest BCUT2D eigenvalue weighted by atomic mass is 19.1. The summed E-state index contributed by atoms with van der Waals surface area (Å²) in [6, 6.07) is 20.8. The summed E-state index contributed by atoms with van der Waals surface area (Å²) in [6.45, 7) is 2.92. The summed E-state index contributed by atoms with van der Waals surface area (Å²) in [7, 11) is 3.10. The predicted octanol–water partition coefficient (Wildman–Crippen LogP) is 6.52. The summed E-state index contributed by atoms with van der Waals surface area (Å²) in [4.78, 5) is 21.6. The standard InChI is InChI=1S/C30H29FN6O4/c1-30(2,17-31)26-16-27(37(36-26)20-10-6-5-7-11-20)35-29(38)34-19-9-8-12-21(13-19)41-28-22-14-24(39-3)25(40-4)15-23(22)32-18-33-28/h5-16,18H,17H2,1-4H3,(H2,34,35,38). The summed E-state index contributed by atoms with van der Waals surface area (Å²) in [5, 5.41) is 10.8. The van der Waals surface area contributed by atoms with Crippen molar-refractivity contribution in [3.8, 4) is 28.8 Å². The van der Waals surface area contributed by atoms with Gasteiger partial charge in [0, 0.05) is 29.3 Å². The molecule has 3 aromatic carbocycles. The van der Waals surface area contributed by atoms with Gasteiger partial charge in [-0.1, -0.05) is 38.1 Å². The fourth-order valence-electron chi connectivity index (χ4n) is 4.10. The van der Waals surface area contributed by atoms with Crippen molar-refractivity contribution in [1.82, 2.24) is 19.7 Å². The maximum atomic E-state index is 13.7. The van der Waals surface area contributed by atoms with Crippen LogP contribution in [0.15, 0.2) is 79.1 Å². The molecule has 2 aromatic heterocycles. The first-order valence-electron chi connectivity index (χ1n) is 12.8. The number of anilines is 2. The Morgan fingerprint density at radius 1 is 0.927 bits per heavy atom. The number of hydrogen-bond acceptors (Lipinski definition) is 7. The normalized spacial score (nSPS) is 11.2. The van der Waals surface area contributed by atoms with Crippen LogP contribution >= 0.6 is 0 Å². The van der Waals surface area contributed by atoms with E-state index in [0.29, 0.717) is 51.2 Å². The van der Waals surface area contributed by atoms with Crippen LogP contribution in [0.2, 0.25) is 0 Å². The van der Waals surface area contributed by atoms with Gasteiger partial charge in [0.1, 0.15) is 24.6 Å². The molecule has 2 amide bonds. The second kappa shape index (κ2) is 11.5. The molecule has 5 aromatic rings. The lowest BCUT2D eigenvalue weighted by Gasteiger charge is -2.16. The second-order valence-corrected chi connectivity index (χ2v) is 9.79. The van der Waals surface area contributed by atoms with Gasteiger partial charge in [0.05, 0.1) is 36.5 Å². The largest absolute Gasteiger partial charge is 0.493 e. The van der Waals surface area contributed by atoms with Gasteiger partial charge in [0.15, 0.2) is 11.5 Å². The van der Waals surface area contributed by atoms with E-state index in [4.69, 9.17) is 14.2 Å². The molecule has 11 heteroatoms. The molecule has 2 N–H and O–H groups in total. The number of urea groups is 1. The summed E-state index contributed by atoms with van der Waals surface area (Å²) in [5.74, 6) is 2.20. The van der Waals surface area contributed by atoms with E-state index in [1.165, 1.54) is 6.33 Å². The molecule has 0 spiro atoms. The molecule has 5 rings (SSSR count). The van der Waals surface area contributed by atoms with Crippen LogP contribution in [-0.2, 0) is 5.41 Å². The Labute approximate surface area is 236 Å².